The van der Waals surface area contributed by atoms with Crippen LogP contribution in [0.4, 0.5) is 17.6 Å². The average Bonchev–Trinajstić information content (AvgIpc) is 2.78. The van der Waals surface area contributed by atoms with Gasteiger partial charge in [0.1, 0.15) is 18.2 Å². The van der Waals surface area contributed by atoms with Crippen LogP contribution in [0.2, 0.25) is 0 Å². The zero-order valence-corrected chi connectivity index (χ0v) is 16.2. The number of nitrogens with zero attached hydrogens (tertiary/aromatic N) is 1. The van der Waals surface area contributed by atoms with E-state index in [2.05, 4.69) is 4.98 Å². The Balaban J connectivity index is 1.56. The third-order valence-electron chi connectivity index (χ3n) is 4.79. The minimum atomic E-state index is -4.54. The monoisotopic (exact) mass is 423 g/mol. The second kappa shape index (κ2) is 8.60. The van der Waals surface area contributed by atoms with Gasteiger partial charge in [0.15, 0.2) is 0 Å². The molecule has 0 N–H and O–H groups in total. The molecule has 2 nitrogen and oxygen atoms in total. The van der Waals surface area contributed by atoms with Crippen LogP contribution in [0, 0.1) is 5.82 Å². The van der Waals surface area contributed by atoms with Gasteiger partial charge in [0.05, 0.1) is 5.56 Å². The number of hydrogen-bond donors (Lipinski definition) is 0. The molecule has 0 aliphatic rings. The first-order valence-corrected chi connectivity index (χ1v) is 9.50. The molecule has 0 fully saturated rings. The number of pyridine rings is 1. The van der Waals surface area contributed by atoms with Crippen molar-refractivity contribution in [3.8, 4) is 28.0 Å². The van der Waals surface area contributed by atoms with E-state index >= 15 is 0 Å². The smallest absolute Gasteiger partial charge is 0.417 e. The Morgan fingerprint density at radius 1 is 0.774 bits per heavy atom. The number of hydrogen-bond acceptors (Lipinski definition) is 2. The molecule has 0 aliphatic carbocycles. The van der Waals surface area contributed by atoms with Crippen LogP contribution in [0.15, 0.2) is 91.3 Å². The third-order valence-corrected chi connectivity index (χ3v) is 4.79. The average molecular weight is 423 g/mol. The zero-order chi connectivity index (χ0) is 21.8. The summed E-state index contributed by atoms with van der Waals surface area (Å²) in [6.07, 6.45) is -1.38. The van der Waals surface area contributed by atoms with Crippen molar-refractivity contribution >= 4 is 0 Å². The Kier molecular flexibility index (Phi) is 5.71. The van der Waals surface area contributed by atoms with Crippen LogP contribution in [-0.4, -0.2) is 4.98 Å². The van der Waals surface area contributed by atoms with Gasteiger partial charge in [0.25, 0.3) is 0 Å². The van der Waals surface area contributed by atoms with Crippen LogP contribution in [0.1, 0.15) is 11.1 Å². The van der Waals surface area contributed by atoms with Gasteiger partial charge in [-0.2, -0.15) is 13.2 Å². The van der Waals surface area contributed by atoms with E-state index in [4.69, 9.17) is 4.74 Å². The van der Waals surface area contributed by atoms with E-state index in [0.717, 1.165) is 6.07 Å². The molecular weight excluding hydrogens is 406 g/mol. The van der Waals surface area contributed by atoms with Crippen LogP contribution in [0.5, 0.6) is 5.75 Å². The number of aromatic nitrogens is 1. The summed E-state index contributed by atoms with van der Waals surface area (Å²) in [5.74, 6) is -0.395. The molecule has 31 heavy (non-hydrogen) atoms. The SMILES string of the molecule is Fc1cc(COc2ccc(-c3ccccc3)c(C(F)(F)F)c2)ccc1-c1cccnc1. The number of rotatable bonds is 5. The lowest BCUT2D eigenvalue weighted by Gasteiger charge is -2.15. The quantitative estimate of drug-likeness (QED) is 0.318. The summed E-state index contributed by atoms with van der Waals surface area (Å²) < 4.78 is 60.9. The summed E-state index contributed by atoms with van der Waals surface area (Å²) in [5.41, 5.74) is 1.30. The molecule has 0 bridgehead atoms. The van der Waals surface area contributed by atoms with Gasteiger partial charge in [-0.25, -0.2) is 4.39 Å². The maximum absolute atomic E-state index is 14.5. The number of halogens is 4. The lowest BCUT2D eigenvalue weighted by atomic mass is 9.99. The Morgan fingerprint density at radius 3 is 2.19 bits per heavy atom. The van der Waals surface area contributed by atoms with Crippen molar-refractivity contribution in [1.29, 1.82) is 0 Å². The number of benzene rings is 3. The normalized spacial score (nSPS) is 11.4. The molecule has 0 saturated heterocycles. The number of ether oxygens (including phenoxy) is 1. The third kappa shape index (κ3) is 4.74. The molecular formula is C25H17F4NO. The highest BCUT2D eigenvalue weighted by atomic mass is 19.4. The predicted octanol–water partition coefficient (Wildman–Crippen LogP) is 7.15. The fraction of sp³-hybridized carbons (Fsp3) is 0.0800. The molecule has 0 aliphatic heterocycles. The zero-order valence-electron chi connectivity index (χ0n) is 16.2. The van der Waals surface area contributed by atoms with Gasteiger partial charge in [0.2, 0.25) is 0 Å². The molecule has 3 aromatic carbocycles. The van der Waals surface area contributed by atoms with E-state index in [-0.39, 0.29) is 17.9 Å². The molecule has 0 atom stereocenters. The van der Waals surface area contributed by atoms with Gasteiger partial charge in [-0.05, 0) is 41.0 Å². The van der Waals surface area contributed by atoms with Gasteiger partial charge in [-0.15, -0.1) is 0 Å². The highest BCUT2D eigenvalue weighted by Gasteiger charge is 2.34. The highest BCUT2D eigenvalue weighted by Crippen LogP contribution is 2.39. The summed E-state index contributed by atoms with van der Waals surface area (Å²) in [4.78, 5) is 3.97. The predicted molar refractivity (Wildman–Crippen MR) is 111 cm³/mol. The minimum Gasteiger partial charge on any atom is -0.489 e. The topological polar surface area (TPSA) is 22.1 Å². The van der Waals surface area contributed by atoms with Crippen molar-refractivity contribution in [3.63, 3.8) is 0 Å². The van der Waals surface area contributed by atoms with Gasteiger partial charge in [0, 0.05) is 23.5 Å². The minimum absolute atomic E-state index is 0.0590. The first-order valence-electron chi connectivity index (χ1n) is 9.50. The van der Waals surface area contributed by atoms with Crippen LogP contribution < -0.4 is 4.74 Å². The van der Waals surface area contributed by atoms with Gasteiger partial charge in [-0.3, -0.25) is 4.98 Å². The molecule has 1 heterocycles. The van der Waals surface area contributed by atoms with Crippen molar-refractivity contribution < 1.29 is 22.3 Å². The van der Waals surface area contributed by atoms with E-state index in [1.54, 1.807) is 67.0 Å². The Morgan fingerprint density at radius 2 is 1.52 bits per heavy atom. The van der Waals surface area contributed by atoms with Crippen molar-refractivity contribution in [2.75, 3.05) is 0 Å². The van der Waals surface area contributed by atoms with E-state index in [9.17, 15) is 17.6 Å². The molecule has 4 aromatic rings. The molecule has 156 valence electrons. The Hall–Kier alpha value is -3.67. The largest absolute Gasteiger partial charge is 0.489 e. The summed E-state index contributed by atoms with van der Waals surface area (Å²) >= 11 is 0. The maximum Gasteiger partial charge on any atom is 0.417 e. The van der Waals surface area contributed by atoms with Gasteiger partial charge < -0.3 is 4.74 Å². The van der Waals surface area contributed by atoms with Crippen LogP contribution in [0.3, 0.4) is 0 Å². The van der Waals surface area contributed by atoms with E-state index < -0.39 is 17.6 Å². The second-order valence-electron chi connectivity index (χ2n) is 6.92. The summed E-state index contributed by atoms with van der Waals surface area (Å²) in [5, 5.41) is 0. The molecule has 0 radical (unpaired) electrons. The van der Waals surface area contributed by atoms with Gasteiger partial charge in [-0.1, -0.05) is 54.6 Å². The Bertz CT molecular complexity index is 1180. The first-order chi connectivity index (χ1) is 14.9. The molecule has 0 spiro atoms. The van der Waals surface area contributed by atoms with Crippen LogP contribution in [0.25, 0.3) is 22.3 Å². The number of alkyl halides is 3. The van der Waals surface area contributed by atoms with E-state index in [1.165, 1.54) is 18.2 Å². The van der Waals surface area contributed by atoms with Crippen LogP contribution >= 0.6 is 0 Å². The van der Waals surface area contributed by atoms with Crippen molar-refractivity contribution in [2.45, 2.75) is 12.8 Å². The lowest BCUT2D eigenvalue weighted by molar-refractivity contribution is -0.137. The van der Waals surface area contributed by atoms with E-state index in [0.29, 0.717) is 22.3 Å². The summed E-state index contributed by atoms with van der Waals surface area (Å²) in [6, 6.07) is 20.2. The van der Waals surface area contributed by atoms with Crippen molar-refractivity contribution in [2.24, 2.45) is 0 Å². The fourth-order valence-corrected chi connectivity index (χ4v) is 3.29. The molecule has 0 saturated carbocycles. The van der Waals surface area contributed by atoms with Crippen molar-refractivity contribution in [3.05, 3.63) is 108 Å². The maximum atomic E-state index is 14.5. The van der Waals surface area contributed by atoms with Crippen molar-refractivity contribution in [1.82, 2.24) is 4.98 Å². The lowest BCUT2D eigenvalue weighted by Crippen LogP contribution is -2.08. The summed E-state index contributed by atoms with van der Waals surface area (Å²) in [6.45, 7) is -0.0633. The van der Waals surface area contributed by atoms with Crippen LogP contribution in [-0.2, 0) is 12.8 Å². The first kappa shape index (κ1) is 20.6. The fourth-order valence-electron chi connectivity index (χ4n) is 3.29. The Labute approximate surface area is 176 Å². The highest BCUT2D eigenvalue weighted by molar-refractivity contribution is 5.69. The molecule has 6 heteroatoms. The molecule has 0 unspecified atom stereocenters. The van der Waals surface area contributed by atoms with E-state index in [1.807, 2.05) is 0 Å². The standard InChI is InChI=1S/C25H17F4NO/c26-24-13-17(8-10-22(24)19-7-4-12-30-15-19)16-31-20-9-11-21(18-5-2-1-3-6-18)23(14-20)25(27,28)29/h1-15H,16H2. The molecule has 1 aromatic heterocycles. The molecule has 4 rings (SSSR count). The second-order valence-corrected chi connectivity index (χ2v) is 6.92. The van der Waals surface area contributed by atoms with Gasteiger partial charge >= 0.3 is 6.18 Å². The molecule has 0 amide bonds. The summed E-state index contributed by atoms with van der Waals surface area (Å²) in [7, 11) is 0.